The number of rotatable bonds is 4. The van der Waals surface area contributed by atoms with Crippen LogP contribution in [0.3, 0.4) is 0 Å². The topological polar surface area (TPSA) is 46.2 Å². The molecule has 0 aliphatic carbocycles. The Morgan fingerprint density at radius 2 is 1.82 bits per heavy atom. The maximum Gasteiger partial charge on any atom is 0.0436 e. The maximum absolute atomic E-state index is 8.78. The molecule has 2 nitrogen and oxygen atoms in total. The van der Waals surface area contributed by atoms with Gasteiger partial charge in [0.25, 0.3) is 0 Å². The maximum atomic E-state index is 8.78. The third-order valence-corrected chi connectivity index (χ3v) is 2.38. The van der Waals surface area contributed by atoms with Crippen LogP contribution in [0.1, 0.15) is 34.1 Å². The van der Waals surface area contributed by atoms with E-state index in [1.165, 1.54) is 0 Å². The number of nitrogens with two attached hydrogens (primary N) is 1. The van der Waals surface area contributed by atoms with Gasteiger partial charge in [0.1, 0.15) is 0 Å². The molecule has 0 aliphatic heterocycles. The van der Waals surface area contributed by atoms with Crippen molar-refractivity contribution in [1.82, 2.24) is 0 Å². The molecule has 68 valence electrons. The van der Waals surface area contributed by atoms with E-state index in [2.05, 4.69) is 27.7 Å². The first-order chi connectivity index (χ1) is 4.91. The molecule has 0 amide bonds. The van der Waals surface area contributed by atoms with Crippen molar-refractivity contribution in [1.29, 1.82) is 0 Å². The van der Waals surface area contributed by atoms with Gasteiger partial charge in [-0.15, -0.1) is 0 Å². The quantitative estimate of drug-likeness (QED) is 0.651. The summed E-state index contributed by atoms with van der Waals surface area (Å²) >= 11 is 0. The zero-order valence-electron chi connectivity index (χ0n) is 8.09. The van der Waals surface area contributed by atoms with E-state index in [9.17, 15) is 0 Å². The molecule has 0 aliphatic rings. The summed E-state index contributed by atoms with van der Waals surface area (Å²) in [6.45, 7) is 8.67. The molecule has 3 N–H and O–H groups in total. The van der Waals surface area contributed by atoms with Crippen molar-refractivity contribution in [3.63, 3.8) is 0 Å². The molecule has 0 bridgehead atoms. The van der Waals surface area contributed by atoms with E-state index in [0.29, 0.717) is 5.92 Å². The fourth-order valence-corrected chi connectivity index (χ4v) is 1.36. The average molecular weight is 159 g/mol. The van der Waals surface area contributed by atoms with E-state index >= 15 is 0 Å². The lowest BCUT2D eigenvalue weighted by Gasteiger charge is -2.33. The molecule has 0 saturated heterocycles. The zero-order valence-corrected chi connectivity index (χ0v) is 8.09. The SMILES string of the molecule is CC(C)[C@H](N)C(C)(C)CCO. The molecule has 0 heterocycles. The van der Waals surface area contributed by atoms with Gasteiger partial charge >= 0.3 is 0 Å². The molecule has 0 rings (SSSR count). The van der Waals surface area contributed by atoms with Crippen molar-refractivity contribution >= 4 is 0 Å². The van der Waals surface area contributed by atoms with Crippen molar-refractivity contribution in [2.24, 2.45) is 17.1 Å². The Kier molecular flexibility index (Phi) is 4.04. The first kappa shape index (κ1) is 10.9. The molecule has 1 atom stereocenters. The van der Waals surface area contributed by atoms with E-state index in [4.69, 9.17) is 10.8 Å². The summed E-state index contributed by atoms with van der Waals surface area (Å²) in [5.74, 6) is 0.483. The van der Waals surface area contributed by atoms with E-state index in [0.717, 1.165) is 6.42 Å². The van der Waals surface area contributed by atoms with Gasteiger partial charge in [-0.2, -0.15) is 0 Å². The molecule has 0 saturated carbocycles. The first-order valence-corrected chi connectivity index (χ1v) is 4.28. The van der Waals surface area contributed by atoms with E-state index in [-0.39, 0.29) is 18.1 Å². The Morgan fingerprint density at radius 1 is 1.36 bits per heavy atom. The van der Waals surface area contributed by atoms with Gasteiger partial charge in [-0.3, -0.25) is 0 Å². The lowest BCUT2D eigenvalue weighted by Crippen LogP contribution is -2.41. The minimum atomic E-state index is 0.0584. The fraction of sp³-hybridized carbons (Fsp3) is 1.00. The predicted octanol–water partition coefficient (Wildman–Crippen LogP) is 1.38. The van der Waals surface area contributed by atoms with Crippen LogP contribution in [0.15, 0.2) is 0 Å². The van der Waals surface area contributed by atoms with Crippen LogP contribution < -0.4 is 5.73 Å². The van der Waals surface area contributed by atoms with Crippen LogP contribution in [0, 0.1) is 11.3 Å². The van der Waals surface area contributed by atoms with Gasteiger partial charge in [-0.1, -0.05) is 27.7 Å². The van der Waals surface area contributed by atoms with Crippen molar-refractivity contribution in [3.8, 4) is 0 Å². The summed E-state index contributed by atoms with van der Waals surface area (Å²) < 4.78 is 0. The van der Waals surface area contributed by atoms with Crippen LogP contribution in [-0.2, 0) is 0 Å². The van der Waals surface area contributed by atoms with E-state index in [1.54, 1.807) is 0 Å². The number of aliphatic hydroxyl groups is 1. The summed E-state index contributed by atoms with van der Waals surface area (Å²) in [4.78, 5) is 0. The smallest absolute Gasteiger partial charge is 0.0436 e. The van der Waals surface area contributed by atoms with Crippen LogP contribution in [0.25, 0.3) is 0 Å². The molecular weight excluding hydrogens is 138 g/mol. The van der Waals surface area contributed by atoms with Gasteiger partial charge in [-0.25, -0.2) is 0 Å². The lowest BCUT2D eigenvalue weighted by molar-refractivity contribution is 0.161. The predicted molar refractivity (Wildman–Crippen MR) is 48.3 cm³/mol. The molecule has 11 heavy (non-hydrogen) atoms. The number of hydrogen-bond donors (Lipinski definition) is 2. The lowest BCUT2D eigenvalue weighted by atomic mass is 9.77. The van der Waals surface area contributed by atoms with Crippen LogP contribution >= 0.6 is 0 Å². The Labute approximate surface area is 69.8 Å². The Bertz CT molecular complexity index is 110. The largest absolute Gasteiger partial charge is 0.396 e. The number of aliphatic hydroxyl groups excluding tert-OH is 1. The zero-order chi connectivity index (χ0) is 9.07. The fourth-order valence-electron chi connectivity index (χ4n) is 1.36. The van der Waals surface area contributed by atoms with Gasteiger partial charge in [0, 0.05) is 12.6 Å². The van der Waals surface area contributed by atoms with Crippen molar-refractivity contribution in [2.75, 3.05) is 6.61 Å². The normalized spacial score (nSPS) is 15.5. The molecule has 0 aromatic heterocycles. The highest BCUT2D eigenvalue weighted by atomic mass is 16.3. The highest BCUT2D eigenvalue weighted by Crippen LogP contribution is 2.27. The van der Waals surface area contributed by atoms with Crippen molar-refractivity contribution < 1.29 is 5.11 Å². The minimum absolute atomic E-state index is 0.0584. The average Bonchev–Trinajstić information content (AvgIpc) is 1.86. The summed E-state index contributed by atoms with van der Waals surface area (Å²) in [6.07, 6.45) is 0.784. The Balaban J connectivity index is 4.05. The highest BCUT2D eigenvalue weighted by molar-refractivity contribution is 4.83. The summed E-state index contributed by atoms with van der Waals surface area (Å²) in [5, 5.41) is 8.78. The standard InChI is InChI=1S/C9H21NO/c1-7(2)8(10)9(3,4)5-6-11/h7-8,11H,5-6,10H2,1-4H3/t8-/m0/s1. The van der Waals surface area contributed by atoms with Crippen LogP contribution in [0.2, 0.25) is 0 Å². The monoisotopic (exact) mass is 159 g/mol. The van der Waals surface area contributed by atoms with Gasteiger partial charge in [0.05, 0.1) is 0 Å². The number of hydrogen-bond acceptors (Lipinski definition) is 2. The van der Waals surface area contributed by atoms with Crippen molar-refractivity contribution in [2.45, 2.75) is 40.2 Å². The summed E-state index contributed by atoms with van der Waals surface area (Å²) in [5.41, 5.74) is 6.03. The molecule has 0 radical (unpaired) electrons. The molecule has 0 spiro atoms. The summed E-state index contributed by atoms with van der Waals surface area (Å²) in [7, 11) is 0. The summed E-state index contributed by atoms with van der Waals surface area (Å²) in [6, 6.07) is 0.176. The van der Waals surface area contributed by atoms with E-state index in [1.807, 2.05) is 0 Å². The third-order valence-electron chi connectivity index (χ3n) is 2.38. The highest BCUT2D eigenvalue weighted by Gasteiger charge is 2.27. The molecule has 0 unspecified atom stereocenters. The van der Waals surface area contributed by atoms with Crippen molar-refractivity contribution in [3.05, 3.63) is 0 Å². The molecule has 2 heteroatoms. The van der Waals surface area contributed by atoms with E-state index < -0.39 is 0 Å². The molecule has 0 aromatic carbocycles. The Hall–Kier alpha value is -0.0800. The van der Waals surface area contributed by atoms with Gasteiger partial charge in [0.15, 0.2) is 0 Å². The first-order valence-electron chi connectivity index (χ1n) is 4.28. The second-order valence-electron chi connectivity index (χ2n) is 4.23. The Morgan fingerprint density at radius 3 is 2.09 bits per heavy atom. The van der Waals surface area contributed by atoms with Crippen LogP contribution in [0.5, 0.6) is 0 Å². The third kappa shape index (κ3) is 3.21. The molecule has 0 aromatic rings. The molecular formula is C9H21NO. The van der Waals surface area contributed by atoms with Gasteiger partial charge < -0.3 is 10.8 Å². The van der Waals surface area contributed by atoms with Crippen LogP contribution in [-0.4, -0.2) is 17.8 Å². The van der Waals surface area contributed by atoms with Crippen LogP contribution in [0.4, 0.5) is 0 Å². The second-order valence-corrected chi connectivity index (χ2v) is 4.23. The second kappa shape index (κ2) is 4.07. The van der Waals surface area contributed by atoms with Gasteiger partial charge in [0.2, 0.25) is 0 Å². The molecule has 0 fully saturated rings. The minimum Gasteiger partial charge on any atom is -0.396 e. The van der Waals surface area contributed by atoms with Gasteiger partial charge in [-0.05, 0) is 17.8 Å².